The summed E-state index contributed by atoms with van der Waals surface area (Å²) in [4.78, 5) is 12.7. The van der Waals surface area contributed by atoms with Crippen molar-refractivity contribution in [2.24, 2.45) is 0 Å². The molecule has 0 radical (unpaired) electrons. The molecule has 1 unspecified atom stereocenters. The Bertz CT molecular complexity index is 1040. The topological polar surface area (TPSA) is 59.8 Å². The number of thioether (sulfide) groups is 1. The van der Waals surface area contributed by atoms with Gasteiger partial charge in [0.2, 0.25) is 5.91 Å². The summed E-state index contributed by atoms with van der Waals surface area (Å²) in [6.07, 6.45) is 1.76. The fourth-order valence-electron chi connectivity index (χ4n) is 2.53. The van der Waals surface area contributed by atoms with Crippen LogP contribution in [0, 0.1) is 0 Å². The molecule has 0 aliphatic carbocycles. The number of allylic oxidation sites excluding steroid dienone is 1. The zero-order valence-electron chi connectivity index (χ0n) is 15.4. The standard InChI is InChI=1S/C20H17Cl3N4OS/c1-3-9-27-18(13-7-5-4-6-8-13)25-26-20(27)29-12(2)19(28)24-17-11-15(22)14(21)10-16(17)23/h3-8,10-12H,1,9H2,2H3,(H,24,28). The molecule has 0 saturated carbocycles. The van der Waals surface area contributed by atoms with E-state index in [9.17, 15) is 4.79 Å². The maximum atomic E-state index is 12.7. The smallest absolute Gasteiger partial charge is 0.237 e. The van der Waals surface area contributed by atoms with Gasteiger partial charge in [0.15, 0.2) is 11.0 Å². The summed E-state index contributed by atoms with van der Waals surface area (Å²) in [5, 5.41) is 12.4. The number of halogens is 3. The Hall–Kier alpha value is -1.99. The average Bonchev–Trinajstić information content (AvgIpc) is 3.09. The summed E-state index contributed by atoms with van der Waals surface area (Å²) in [6.45, 7) is 6.10. The molecule has 1 amide bonds. The average molecular weight is 468 g/mol. The van der Waals surface area contributed by atoms with Gasteiger partial charge in [-0.2, -0.15) is 0 Å². The number of carbonyl (C=O) groups is 1. The molecular formula is C20H17Cl3N4OS. The van der Waals surface area contributed by atoms with Crippen LogP contribution in [0.5, 0.6) is 0 Å². The Kier molecular flexibility index (Phi) is 7.24. The number of rotatable bonds is 7. The molecule has 1 N–H and O–H groups in total. The number of hydrogen-bond acceptors (Lipinski definition) is 4. The van der Waals surface area contributed by atoms with Crippen molar-refractivity contribution in [2.75, 3.05) is 5.32 Å². The molecule has 0 spiro atoms. The maximum Gasteiger partial charge on any atom is 0.237 e. The fraction of sp³-hybridized carbons (Fsp3) is 0.150. The predicted octanol–water partition coefficient (Wildman–Crippen LogP) is 6.21. The van der Waals surface area contributed by atoms with Gasteiger partial charge in [0, 0.05) is 12.1 Å². The molecule has 0 saturated heterocycles. The van der Waals surface area contributed by atoms with Crippen molar-refractivity contribution in [1.29, 1.82) is 0 Å². The third-order valence-electron chi connectivity index (χ3n) is 3.98. The van der Waals surface area contributed by atoms with Crippen molar-refractivity contribution in [2.45, 2.75) is 23.9 Å². The van der Waals surface area contributed by atoms with Crippen LogP contribution in [-0.2, 0) is 11.3 Å². The first-order valence-corrected chi connectivity index (χ1v) is 10.6. The number of anilines is 1. The molecule has 150 valence electrons. The molecule has 0 fully saturated rings. The van der Waals surface area contributed by atoms with Crippen LogP contribution >= 0.6 is 46.6 Å². The number of carbonyl (C=O) groups excluding carboxylic acids is 1. The van der Waals surface area contributed by atoms with E-state index in [2.05, 4.69) is 22.1 Å². The maximum absolute atomic E-state index is 12.7. The van der Waals surface area contributed by atoms with Gasteiger partial charge in [-0.25, -0.2) is 0 Å². The van der Waals surface area contributed by atoms with Crippen LogP contribution in [0.1, 0.15) is 6.92 Å². The van der Waals surface area contributed by atoms with Crippen LogP contribution < -0.4 is 5.32 Å². The number of nitrogens with one attached hydrogen (secondary N) is 1. The van der Waals surface area contributed by atoms with E-state index < -0.39 is 5.25 Å². The third-order valence-corrected chi connectivity index (χ3v) is 6.10. The molecule has 1 heterocycles. The van der Waals surface area contributed by atoms with Crippen LogP contribution in [0.15, 0.2) is 60.3 Å². The van der Waals surface area contributed by atoms with E-state index in [0.717, 1.165) is 5.56 Å². The lowest BCUT2D eigenvalue weighted by Gasteiger charge is -2.14. The first kappa shape index (κ1) is 21.7. The lowest BCUT2D eigenvalue weighted by atomic mass is 10.2. The van der Waals surface area contributed by atoms with Gasteiger partial charge in [-0.05, 0) is 19.1 Å². The Morgan fingerprint density at radius 3 is 2.55 bits per heavy atom. The third kappa shape index (κ3) is 5.14. The molecule has 1 atom stereocenters. The number of nitrogens with zero attached hydrogens (tertiary/aromatic N) is 3. The van der Waals surface area contributed by atoms with Crippen molar-refractivity contribution < 1.29 is 4.79 Å². The highest BCUT2D eigenvalue weighted by Gasteiger charge is 2.21. The van der Waals surface area contributed by atoms with Gasteiger partial charge in [0.25, 0.3) is 0 Å². The van der Waals surface area contributed by atoms with Crippen LogP contribution in [-0.4, -0.2) is 25.9 Å². The number of aromatic nitrogens is 3. The van der Waals surface area contributed by atoms with Crippen molar-refractivity contribution in [3.05, 3.63) is 70.2 Å². The SMILES string of the molecule is C=CCn1c(SC(C)C(=O)Nc2cc(Cl)c(Cl)cc2Cl)nnc1-c1ccccc1. The summed E-state index contributed by atoms with van der Waals surface area (Å²) >= 11 is 19.4. The van der Waals surface area contributed by atoms with Gasteiger partial charge in [-0.3, -0.25) is 9.36 Å². The molecule has 0 bridgehead atoms. The van der Waals surface area contributed by atoms with Crippen LogP contribution in [0.4, 0.5) is 5.69 Å². The fourth-order valence-corrected chi connectivity index (χ4v) is 3.99. The first-order chi connectivity index (χ1) is 13.9. The second-order valence-corrected chi connectivity index (χ2v) is 8.60. The van der Waals surface area contributed by atoms with E-state index in [0.29, 0.717) is 38.3 Å². The Morgan fingerprint density at radius 1 is 1.17 bits per heavy atom. The zero-order chi connectivity index (χ0) is 21.0. The highest BCUT2D eigenvalue weighted by Crippen LogP contribution is 2.33. The molecule has 3 rings (SSSR count). The Balaban J connectivity index is 1.79. The summed E-state index contributed by atoms with van der Waals surface area (Å²) in [5.74, 6) is 0.470. The highest BCUT2D eigenvalue weighted by molar-refractivity contribution is 8.00. The van der Waals surface area contributed by atoms with Gasteiger partial charge in [-0.1, -0.05) is 83.0 Å². The second-order valence-electron chi connectivity index (χ2n) is 6.07. The van der Waals surface area contributed by atoms with Crippen molar-refractivity contribution in [3.63, 3.8) is 0 Å². The van der Waals surface area contributed by atoms with Gasteiger partial charge in [0.05, 0.1) is 26.0 Å². The normalized spacial score (nSPS) is 11.9. The molecule has 3 aromatic rings. The van der Waals surface area contributed by atoms with Crippen LogP contribution in [0.2, 0.25) is 15.1 Å². The van der Waals surface area contributed by atoms with Crippen molar-refractivity contribution in [3.8, 4) is 11.4 Å². The Morgan fingerprint density at radius 2 is 1.86 bits per heavy atom. The van der Waals surface area contributed by atoms with E-state index in [4.69, 9.17) is 34.8 Å². The number of amides is 1. The van der Waals surface area contributed by atoms with Crippen LogP contribution in [0.3, 0.4) is 0 Å². The van der Waals surface area contributed by atoms with Gasteiger partial charge < -0.3 is 5.32 Å². The summed E-state index contributed by atoms with van der Waals surface area (Å²) in [7, 11) is 0. The van der Waals surface area contributed by atoms with Crippen LogP contribution in [0.25, 0.3) is 11.4 Å². The van der Waals surface area contributed by atoms with E-state index >= 15 is 0 Å². The van der Waals surface area contributed by atoms with Gasteiger partial charge >= 0.3 is 0 Å². The molecule has 2 aromatic carbocycles. The molecular weight excluding hydrogens is 451 g/mol. The van der Waals surface area contributed by atoms with Gasteiger partial charge in [-0.15, -0.1) is 16.8 Å². The minimum absolute atomic E-state index is 0.246. The van der Waals surface area contributed by atoms with Crippen molar-refractivity contribution in [1.82, 2.24) is 14.8 Å². The zero-order valence-corrected chi connectivity index (χ0v) is 18.5. The molecule has 5 nitrogen and oxygen atoms in total. The molecule has 29 heavy (non-hydrogen) atoms. The summed E-state index contributed by atoms with van der Waals surface area (Å²) < 4.78 is 1.92. The molecule has 0 aliphatic rings. The number of benzene rings is 2. The largest absolute Gasteiger partial charge is 0.324 e. The molecule has 9 heteroatoms. The van der Waals surface area contributed by atoms with E-state index in [1.807, 2.05) is 34.9 Å². The molecule has 1 aromatic heterocycles. The monoisotopic (exact) mass is 466 g/mol. The number of hydrogen-bond donors (Lipinski definition) is 1. The van der Waals surface area contributed by atoms with Gasteiger partial charge in [0.1, 0.15) is 0 Å². The Labute approximate surface area is 188 Å². The predicted molar refractivity (Wildman–Crippen MR) is 121 cm³/mol. The molecule has 0 aliphatic heterocycles. The summed E-state index contributed by atoms with van der Waals surface area (Å²) in [6, 6.07) is 12.7. The minimum Gasteiger partial charge on any atom is -0.324 e. The van der Waals surface area contributed by atoms with Crippen molar-refractivity contribution >= 4 is 58.2 Å². The lowest BCUT2D eigenvalue weighted by molar-refractivity contribution is -0.115. The van der Waals surface area contributed by atoms with E-state index in [1.165, 1.54) is 23.9 Å². The minimum atomic E-state index is -0.461. The van der Waals surface area contributed by atoms with E-state index in [-0.39, 0.29) is 5.91 Å². The lowest BCUT2D eigenvalue weighted by Crippen LogP contribution is -2.23. The quantitative estimate of drug-likeness (QED) is 0.255. The summed E-state index contributed by atoms with van der Waals surface area (Å²) in [5.41, 5.74) is 1.34. The second kappa shape index (κ2) is 9.67. The highest BCUT2D eigenvalue weighted by atomic mass is 35.5. The first-order valence-electron chi connectivity index (χ1n) is 8.62. The van der Waals surface area contributed by atoms with E-state index in [1.54, 1.807) is 13.0 Å².